The molecule has 31 heavy (non-hydrogen) atoms. The molecule has 1 unspecified atom stereocenters. The van der Waals surface area contributed by atoms with Crippen molar-refractivity contribution in [3.05, 3.63) is 69.2 Å². The molecule has 1 saturated heterocycles. The molecule has 1 fully saturated rings. The maximum absolute atomic E-state index is 10.2. The minimum atomic E-state index is -0.526. The Hall–Kier alpha value is -2.42. The zero-order valence-corrected chi connectivity index (χ0v) is 17.6. The Balaban J connectivity index is -0.000000692. The van der Waals surface area contributed by atoms with Gasteiger partial charge in [-0.05, 0) is 0 Å². The number of fused-ring (bicyclic) bond motifs is 1. The van der Waals surface area contributed by atoms with Crippen LogP contribution in [0.2, 0.25) is 0 Å². The van der Waals surface area contributed by atoms with Crippen LogP contribution in [0, 0.1) is 33.3 Å². The zero-order chi connectivity index (χ0) is 24.7. The van der Waals surface area contributed by atoms with Crippen molar-refractivity contribution in [2.45, 2.75) is 25.4 Å². The molecular weight excluding hydrogens is 446 g/mol. The van der Waals surface area contributed by atoms with Crippen LogP contribution in [-0.4, -0.2) is 34.4 Å². The fourth-order valence-electron chi connectivity index (χ4n) is 2.60. The SMILES string of the molecule is OC(C/C=C/[C](=[Cr])N1CCCC1)c1ccc2c(c1)OCO2.[C-]#[O+].[C-]#[O+].[C-]#[O+].[C-]#[O+].[C-]#[O+]. The number of aliphatic hydroxyl groups excluding tert-OH is 1. The Morgan fingerprint density at radius 1 is 0.968 bits per heavy atom. The van der Waals surface area contributed by atoms with Crippen LogP contribution in [0.4, 0.5) is 0 Å². The number of ether oxygens (including phenoxy) is 2. The normalized spacial score (nSPS) is 13.4. The van der Waals surface area contributed by atoms with Crippen LogP contribution >= 0.6 is 0 Å². The van der Waals surface area contributed by atoms with Crippen LogP contribution < -0.4 is 9.47 Å². The van der Waals surface area contributed by atoms with Gasteiger partial charge in [-0.25, -0.2) is 0 Å². The Bertz CT molecular complexity index is 726. The van der Waals surface area contributed by atoms with E-state index in [1.54, 1.807) is 0 Å². The Kier molecular flexibility index (Phi) is 25.6. The van der Waals surface area contributed by atoms with Gasteiger partial charge in [0.15, 0.2) is 0 Å². The van der Waals surface area contributed by atoms with E-state index in [0.717, 1.165) is 28.9 Å². The number of hydrogen-bond donors (Lipinski definition) is 1. The molecule has 0 aromatic heterocycles. The first-order valence-electron chi connectivity index (χ1n) is 8.29. The summed E-state index contributed by atoms with van der Waals surface area (Å²) in [5, 5.41) is 10.2. The summed E-state index contributed by atoms with van der Waals surface area (Å²) in [6.07, 6.45) is 6.65. The van der Waals surface area contributed by atoms with E-state index in [4.69, 9.17) is 32.7 Å². The molecule has 1 aromatic carbocycles. The van der Waals surface area contributed by atoms with E-state index in [1.165, 1.54) is 12.8 Å². The molecule has 1 atom stereocenters. The Morgan fingerprint density at radius 3 is 2.03 bits per heavy atom. The van der Waals surface area contributed by atoms with Gasteiger partial charge in [0.05, 0.1) is 0 Å². The van der Waals surface area contributed by atoms with Gasteiger partial charge in [0.2, 0.25) is 0 Å². The monoisotopic (exact) mass is 465 g/mol. The van der Waals surface area contributed by atoms with Crippen LogP contribution in [0.5, 0.6) is 11.5 Å². The van der Waals surface area contributed by atoms with Gasteiger partial charge in [-0.2, -0.15) is 0 Å². The van der Waals surface area contributed by atoms with E-state index in [0.29, 0.717) is 12.2 Å². The van der Waals surface area contributed by atoms with Gasteiger partial charge in [0, 0.05) is 0 Å². The molecule has 162 valence electrons. The molecule has 1 aromatic rings. The van der Waals surface area contributed by atoms with E-state index >= 15 is 0 Å². The van der Waals surface area contributed by atoms with Gasteiger partial charge in [0.1, 0.15) is 0 Å². The summed E-state index contributed by atoms with van der Waals surface area (Å²) < 4.78 is 49.3. The summed E-state index contributed by atoms with van der Waals surface area (Å²) in [6.45, 7) is 25.0. The van der Waals surface area contributed by atoms with Crippen LogP contribution in [-0.2, 0) is 39.1 Å². The standard InChI is InChI=1S/C16H19NO3.5CO.Cr/c18-14(5-1-2-8-17-9-3-4-10-17)13-6-7-15-16(11-13)20-12-19-15;5*1-2;/h1-2,6-7,11,14,18H,3-5,9-10,12H2;;;;;;/b2-1+;;;;;;. The van der Waals surface area contributed by atoms with Crippen LogP contribution in [0.15, 0.2) is 30.4 Å². The third-order valence-electron chi connectivity index (χ3n) is 3.82. The van der Waals surface area contributed by atoms with Crippen molar-refractivity contribution in [2.75, 3.05) is 19.9 Å². The van der Waals surface area contributed by atoms with E-state index in [9.17, 15) is 5.11 Å². The molecule has 0 bridgehead atoms. The summed E-state index contributed by atoms with van der Waals surface area (Å²) >= 11 is 3.10. The summed E-state index contributed by atoms with van der Waals surface area (Å²) in [5.74, 6) is 1.46. The molecule has 2 aliphatic heterocycles. The van der Waals surface area contributed by atoms with Crippen LogP contribution in [0.3, 0.4) is 0 Å². The average molecular weight is 465 g/mol. The maximum atomic E-state index is 10.2. The molecule has 0 aliphatic carbocycles. The van der Waals surface area contributed by atoms with Crippen molar-refractivity contribution < 1.29 is 53.7 Å². The molecule has 9 nitrogen and oxygen atoms in total. The molecule has 10 heteroatoms. The summed E-state index contributed by atoms with van der Waals surface area (Å²) in [7, 11) is 0. The number of benzene rings is 1. The molecule has 0 radical (unpaired) electrons. The van der Waals surface area contributed by atoms with E-state index in [1.807, 2.05) is 24.3 Å². The number of rotatable bonds is 5. The number of likely N-dealkylation sites (tertiary alicyclic amines) is 1. The predicted molar refractivity (Wildman–Crippen MR) is 96.7 cm³/mol. The molecule has 2 aliphatic rings. The van der Waals surface area contributed by atoms with Crippen molar-refractivity contribution >= 4 is 4.50 Å². The third kappa shape index (κ3) is 12.8. The van der Waals surface area contributed by atoms with Gasteiger partial charge in [-0.3, -0.25) is 0 Å². The van der Waals surface area contributed by atoms with Gasteiger partial charge >= 0.3 is 189 Å². The van der Waals surface area contributed by atoms with Crippen LogP contribution in [0.1, 0.15) is 30.9 Å². The van der Waals surface area contributed by atoms with Gasteiger partial charge in [-0.15, -0.1) is 0 Å². The summed E-state index contributed by atoms with van der Waals surface area (Å²) in [5.41, 5.74) is 0.853. The summed E-state index contributed by atoms with van der Waals surface area (Å²) in [4.78, 5) is 2.34. The fraction of sp³-hybridized carbons (Fsp3) is 0.333. The fourth-order valence-corrected chi connectivity index (χ4v) is 3.03. The van der Waals surface area contributed by atoms with E-state index in [-0.39, 0.29) is 6.79 Å². The third-order valence-corrected chi connectivity index (χ3v) is 4.43. The quantitative estimate of drug-likeness (QED) is 0.524. The second-order valence-corrected chi connectivity index (χ2v) is 5.95. The van der Waals surface area contributed by atoms with Crippen molar-refractivity contribution in [2.24, 2.45) is 0 Å². The number of nitrogens with zero attached hydrogens (tertiary/aromatic N) is 1. The Labute approximate surface area is 189 Å². The minimum absolute atomic E-state index is 0.259. The predicted octanol–water partition coefficient (Wildman–Crippen LogP) is 1.98. The molecule has 0 spiro atoms. The average Bonchev–Trinajstić information content (AvgIpc) is 3.57. The van der Waals surface area contributed by atoms with Crippen LogP contribution in [0.25, 0.3) is 0 Å². The molecular formula is C21H19CrNO8. The molecule has 3 rings (SSSR count). The van der Waals surface area contributed by atoms with E-state index < -0.39 is 6.10 Å². The number of hydrogen-bond acceptors (Lipinski definition) is 4. The van der Waals surface area contributed by atoms with Crippen molar-refractivity contribution in [1.29, 1.82) is 0 Å². The first-order chi connectivity index (χ1) is 15.2. The zero-order valence-electron chi connectivity index (χ0n) is 16.4. The van der Waals surface area contributed by atoms with Gasteiger partial charge in [-0.1, -0.05) is 0 Å². The van der Waals surface area contributed by atoms with Crippen molar-refractivity contribution in [1.82, 2.24) is 4.90 Å². The summed E-state index contributed by atoms with van der Waals surface area (Å²) in [6, 6.07) is 5.58. The number of aliphatic hydroxyl groups is 1. The van der Waals surface area contributed by atoms with E-state index in [2.05, 4.69) is 60.1 Å². The van der Waals surface area contributed by atoms with Crippen molar-refractivity contribution in [3.63, 3.8) is 0 Å². The Morgan fingerprint density at radius 2 is 1.48 bits per heavy atom. The molecule has 2 heterocycles. The first kappa shape index (κ1) is 33.2. The van der Waals surface area contributed by atoms with Crippen molar-refractivity contribution in [3.8, 4) is 11.5 Å². The molecule has 1 N–H and O–H groups in total. The molecule has 0 amide bonds. The second kappa shape index (κ2) is 23.9. The molecule has 0 saturated carbocycles. The second-order valence-electron chi connectivity index (χ2n) is 5.30. The van der Waals surface area contributed by atoms with Gasteiger partial charge in [0.25, 0.3) is 0 Å². The van der Waals surface area contributed by atoms with Gasteiger partial charge < -0.3 is 0 Å². The first-order valence-corrected chi connectivity index (χ1v) is 8.93. The topological polar surface area (TPSA) is 141 Å².